The minimum Gasteiger partial charge on any atom is -0.459 e. The zero-order chi connectivity index (χ0) is 21.6. The number of aromatic nitrogens is 1. The van der Waals surface area contributed by atoms with Crippen molar-refractivity contribution in [2.45, 2.75) is 47.3 Å². The second kappa shape index (κ2) is 9.91. The Morgan fingerprint density at radius 3 is 2.31 bits per heavy atom. The first kappa shape index (κ1) is 22.2. The number of H-pyrrole nitrogens is 1. The predicted molar refractivity (Wildman–Crippen MR) is 109 cm³/mol. The lowest BCUT2D eigenvalue weighted by Crippen LogP contribution is -2.34. The smallest absolute Gasteiger partial charge is 0.355 e. The Hall–Kier alpha value is -3.09. The highest BCUT2D eigenvalue weighted by Crippen LogP contribution is 2.20. The minimum absolute atomic E-state index is 0.150. The molecule has 29 heavy (non-hydrogen) atoms. The molecule has 0 fully saturated rings. The van der Waals surface area contributed by atoms with E-state index >= 15 is 0 Å². The molecule has 0 aliphatic rings. The molecule has 0 aliphatic carbocycles. The molecule has 7 nitrogen and oxygen atoms in total. The normalized spacial score (nSPS) is 10.7. The minimum atomic E-state index is -0.682. The number of aryl methyl sites for hydroxylation is 1. The third-order valence-corrected chi connectivity index (χ3v) is 4.47. The molecule has 0 unspecified atom stereocenters. The summed E-state index contributed by atoms with van der Waals surface area (Å²) in [6.07, 6.45) is -0.270. The van der Waals surface area contributed by atoms with Crippen LogP contribution in [-0.4, -0.2) is 47.0 Å². The Morgan fingerprint density at radius 2 is 1.72 bits per heavy atom. The second-order valence-electron chi connectivity index (χ2n) is 7.05. The highest BCUT2D eigenvalue weighted by Gasteiger charge is 2.25. The van der Waals surface area contributed by atoms with Crippen molar-refractivity contribution in [3.8, 4) is 0 Å². The molecule has 1 N–H and O–H groups in total. The zero-order valence-electron chi connectivity index (χ0n) is 17.6. The number of aromatic amines is 1. The predicted octanol–water partition coefficient (Wildman–Crippen LogP) is 3.40. The maximum Gasteiger partial charge on any atom is 0.355 e. The number of likely N-dealkylation sites (N-methyl/N-ethyl adjacent to an activating group) is 1. The van der Waals surface area contributed by atoms with E-state index in [1.165, 1.54) is 0 Å². The number of hydrogen-bond donors (Lipinski definition) is 1. The van der Waals surface area contributed by atoms with Gasteiger partial charge in [-0.1, -0.05) is 30.3 Å². The van der Waals surface area contributed by atoms with Gasteiger partial charge in [-0.25, -0.2) is 9.59 Å². The lowest BCUT2D eigenvalue weighted by atomic mass is 10.1. The van der Waals surface area contributed by atoms with Crippen LogP contribution in [0.15, 0.2) is 30.3 Å². The van der Waals surface area contributed by atoms with E-state index in [1.807, 2.05) is 37.3 Å². The van der Waals surface area contributed by atoms with Crippen LogP contribution in [0.25, 0.3) is 0 Å². The molecule has 0 radical (unpaired) electrons. The number of nitrogens with one attached hydrogen (secondary N) is 1. The van der Waals surface area contributed by atoms with Gasteiger partial charge in [0.2, 0.25) is 0 Å². The number of ether oxygens (including phenoxy) is 2. The molecule has 2 aromatic rings. The Kier molecular flexibility index (Phi) is 7.59. The molecule has 7 heteroatoms. The quantitative estimate of drug-likeness (QED) is 0.686. The van der Waals surface area contributed by atoms with E-state index in [2.05, 4.69) is 4.98 Å². The largest absolute Gasteiger partial charge is 0.459 e. The van der Waals surface area contributed by atoms with Crippen LogP contribution in [0.5, 0.6) is 0 Å². The van der Waals surface area contributed by atoms with E-state index < -0.39 is 11.9 Å². The molecule has 0 atom stereocenters. The van der Waals surface area contributed by atoms with Gasteiger partial charge in [0.15, 0.2) is 6.61 Å². The van der Waals surface area contributed by atoms with Crippen molar-refractivity contribution in [1.29, 1.82) is 0 Å². The van der Waals surface area contributed by atoms with E-state index in [0.717, 1.165) is 5.56 Å². The van der Waals surface area contributed by atoms with Crippen molar-refractivity contribution in [2.24, 2.45) is 0 Å². The molecule has 1 heterocycles. The summed E-state index contributed by atoms with van der Waals surface area (Å²) in [5, 5.41) is 0. The van der Waals surface area contributed by atoms with Crippen molar-refractivity contribution in [3.05, 3.63) is 58.4 Å². The van der Waals surface area contributed by atoms with Crippen LogP contribution >= 0.6 is 0 Å². The number of rotatable bonds is 8. The standard InChI is InChI=1S/C22H28N2O5/c1-6-24(12-17-10-8-7-9-11-17)18(25)13-28-22(27)20-15(4)19(16(5)23-20)21(26)29-14(2)3/h7-11,14,23H,6,12-13H2,1-5H3. The average Bonchev–Trinajstić information content (AvgIpc) is 2.98. The molecule has 0 bridgehead atoms. The molecule has 1 aromatic heterocycles. The fraction of sp³-hybridized carbons (Fsp3) is 0.409. The van der Waals surface area contributed by atoms with Crippen molar-refractivity contribution < 1.29 is 23.9 Å². The van der Waals surface area contributed by atoms with Crippen molar-refractivity contribution in [1.82, 2.24) is 9.88 Å². The maximum absolute atomic E-state index is 12.5. The summed E-state index contributed by atoms with van der Waals surface area (Å²) in [6, 6.07) is 9.60. The summed E-state index contributed by atoms with van der Waals surface area (Å²) >= 11 is 0. The van der Waals surface area contributed by atoms with Gasteiger partial charge >= 0.3 is 11.9 Å². The molecule has 0 saturated heterocycles. The van der Waals surface area contributed by atoms with E-state index in [9.17, 15) is 14.4 Å². The Morgan fingerprint density at radius 1 is 1.07 bits per heavy atom. The number of nitrogens with zero attached hydrogens (tertiary/aromatic N) is 1. The highest BCUT2D eigenvalue weighted by molar-refractivity contribution is 5.99. The highest BCUT2D eigenvalue weighted by atomic mass is 16.5. The third kappa shape index (κ3) is 5.70. The summed E-state index contributed by atoms with van der Waals surface area (Å²) in [5.41, 5.74) is 2.43. The monoisotopic (exact) mass is 400 g/mol. The topological polar surface area (TPSA) is 88.7 Å². The summed E-state index contributed by atoms with van der Waals surface area (Å²) in [4.78, 5) is 41.7. The summed E-state index contributed by atoms with van der Waals surface area (Å²) in [7, 11) is 0. The van der Waals surface area contributed by atoms with Crippen LogP contribution in [0, 0.1) is 13.8 Å². The molecule has 156 valence electrons. The maximum atomic E-state index is 12.5. The summed E-state index contributed by atoms with van der Waals surface area (Å²) in [6.45, 7) is 9.28. The fourth-order valence-corrected chi connectivity index (χ4v) is 3.00. The Labute approximate surface area is 171 Å². The van der Waals surface area contributed by atoms with Crippen molar-refractivity contribution in [2.75, 3.05) is 13.2 Å². The zero-order valence-corrected chi connectivity index (χ0v) is 17.6. The van der Waals surface area contributed by atoms with Crippen molar-refractivity contribution >= 4 is 17.8 Å². The van der Waals surface area contributed by atoms with Crippen molar-refractivity contribution in [3.63, 3.8) is 0 Å². The van der Waals surface area contributed by atoms with Gasteiger partial charge in [-0.2, -0.15) is 0 Å². The van der Waals surface area contributed by atoms with Crippen LogP contribution < -0.4 is 0 Å². The first-order valence-corrected chi connectivity index (χ1v) is 9.63. The first-order valence-electron chi connectivity index (χ1n) is 9.63. The van der Waals surface area contributed by atoms with E-state index in [1.54, 1.807) is 32.6 Å². The Balaban J connectivity index is 2.03. The van der Waals surface area contributed by atoms with Gasteiger partial charge in [-0.3, -0.25) is 4.79 Å². The molecular weight excluding hydrogens is 372 g/mol. The van der Waals surface area contributed by atoms with Gasteiger partial charge in [0, 0.05) is 18.8 Å². The van der Waals surface area contributed by atoms with Gasteiger partial charge in [-0.15, -0.1) is 0 Å². The van der Waals surface area contributed by atoms with Crippen LogP contribution in [0.4, 0.5) is 0 Å². The average molecular weight is 400 g/mol. The number of carbonyl (C=O) groups is 3. The molecule has 0 saturated carbocycles. The number of esters is 2. The lowest BCUT2D eigenvalue weighted by Gasteiger charge is -2.20. The van der Waals surface area contributed by atoms with Crippen LogP contribution in [0.1, 0.15) is 58.4 Å². The van der Waals surface area contributed by atoms with Crippen LogP contribution in [-0.2, 0) is 20.8 Å². The van der Waals surface area contributed by atoms with Gasteiger partial charge in [0.1, 0.15) is 5.69 Å². The van der Waals surface area contributed by atoms with E-state index in [-0.39, 0.29) is 24.3 Å². The Bertz CT molecular complexity index is 871. The van der Waals surface area contributed by atoms with E-state index in [4.69, 9.17) is 9.47 Å². The third-order valence-electron chi connectivity index (χ3n) is 4.47. The summed E-state index contributed by atoms with van der Waals surface area (Å²) in [5.74, 6) is -1.47. The molecule has 0 spiro atoms. The lowest BCUT2D eigenvalue weighted by molar-refractivity contribution is -0.135. The SMILES string of the molecule is CCN(Cc1ccccc1)C(=O)COC(=O)c1[nH]c(C)c(C(=O)OC(C)C)c1C. The van der Waals surface area contributed by atoms with Gasteiger partial charge in [0.25, 0.3) is 5.91 Å². The fourth-order valence-electron chi connectivity index (χ4n) is 3.00. The number of benzene rings is 1. The number of carbonyl (C=O) groups excluding carboxylic acids is 3. The van der Waals surface area contributed by atoms with E-state index in [0.29, 0.717) is 29.9 Å². The van der Waals surface area contributed by atoms with Gasteiger partial charge in [-0.05, 0) is 45.7 Å². The number of hydrogen-bond acceptors (Lipinski definition) is 5. The first-order chi connectivity index (χ1) is 13.7. The van der Waals surface area contributed by atoms with Crippen LogP contribution in [0.2, 0.25) is 0 Å². The van der Waals surface area contributed by atoms with Gasteiger partial charge < -0.3 is 19.4 Å². The van der Waals surface area contributed by atoms with Crippen LogP contribution in [0.3, 0.4) is 0 Å². The van der Waals surface area contributed by atoms with Gasteiger partial charge in [0.05, 0.1) is 11.7 Å². The molecule has 1 aromatic carbocycles. The molecule has 2 rings (SSSR count). The molecule has 0 aliphatic heterocycles. The number of amides is 1. The second-order valence-corrected chi connectivity index (χ2v) is 7.05. The summed E-state index contributed by atoms with van der Waals surface area (Å²) < 4.78 is 10.4. The molecular formula is C22H28N2O5. The molecule has 1 amide bonds.